The molecule has 0 aliphatic heterocycles. The molecule has 1 heterocycles. The zero-order valence-corrected chi connectivity index (χ0v) is 15.4. The van der Waals surface area contributed by atoms with Crippen LogP contribution >= 0.6 is 0 Å². The Morgan fingerprint density at radius 3 is 2.58 bits per heavy atom. The Kier molecular flexibility index (Phi) is 6.38. The monoisotopic (exact) mass is 360 g/mol. The lowest BCUT2D eigenvalue weighted by Gasteiger charge is -2.21. The second-order valence-corrected chi connectivity index (χ2v) is 6.20. The summed E-state index contributed by atoms with van der Waals surface area (Å²) in [5.41, 5.74) is 1.90. The van der Waals surface area contributed by atoms with E-state index in [1.165, 1.54) is 7.11 Å². The minimum atomic E-state index is -0.772. The highest BCUT2D eigenvalue weighted by atomic mass is 16.5. The van der Waals surface area contributed by atoms with Crippen LogP contribution in [-0.4, -0.2) is 42.6 Å². The van der Waals surface area contributed by atoms with Gasteiger partial charge >= 0.3 is 11.9 Å². The molecule has 7 heteroatoms. The predicted molar refractivity (Wildman–Crippen MR) is 96.7 cm³/mol. The fourth-order valence-corrected chi connectivity index (χ4v) is 2.75. The molecule has 0 aliphatic carbocycles. The smallest absolute Gasteiger partial charge is 0.341 e. The van der Waals surface area contributed by atoms with E-state index >= 15 is 0 Å². The first-order chi connectivity index (χ1) is 12.4. The van der Waals surface area contributed by atoms with Crippen molar-refractivity contribution in [3.8, 4) is 0 Å². The van der Waals surface area contributed by atoms with Gasteiger partial charge in [0.05, 0.1) is 12.7 Å². The number of aromatic nitrogens is 1. The van der Waals surface area contributed by atoms with E-state index in [1.807, 2.05) is 38.1 Å². The standard InChI is InChI=1S/C19H24N2O5/c1-5-11(2)17(19(24)25-4)21-15(22)10-26-18(23)16-12(3)20-14-9-7-6-8-13(14)16/h6-9,11,17,20H,5,10H2,1-4H3,(H,21,22). The second-order valence-electron chi connectivity index (χ2n) is 6.20. The third-order valence-electron chi connectivity index (χ3n) is 4.42. The van der Waals surface area contributed by atoms with Crippen molar-refractivity contribution in [2.45, 2.75) is 33.2 Å². The van der Waals surface area contributed by atoms with Gasteiger partial charge in [-0.05, 0) is 18.9 Å². The summed E-state index contributed by atoms with van der Waals surface area (Å²) in [4.78, 5) is 39.4. The number of aromatic amines is 1. The number of esters is 2. The van der Waals surface area contributed by atoms with Crippen molar-refractivity contribution in [2.75, 3.05) is 13.7 Å². The Hall–Kier alpha value is -2.83. The Morgan fingerprint density at radius 1 is 1.23 bits per heavy atom. The third-order valence-corrected chi connectivity index (χ3v) is 4.42. The van der Waals surface area contributed by atoms with Crippen LogP contribution in [0.25, 0.3) is 10.9 Å². The number of nitrogens with one attached hydrogen (secondary N) is 2. The van der Waals surface area contributed by atoms with E-state index < -0.39 is 30.5 Å². The SMILES string of the molecule is CCC(C)C(NC(=O)COC(=O)c1c(C)[nH]c2ccccc12)C(=O)OC. The Morgan fingerprint density at radius 2 is 1.92 bits per heavy atom. The molecule has 1 amide bonds. The van der Waals surface area contributed by atoms with Crippen LogP contribution in [0, 0.1) is 12.8 Å². The lowest BCUT2D eigenvalue weighted by Crippen LogP contribution is -2.47. The molecule has 0 fully saturated rings. The lowest BCUT2D eigenvalue weighted by molar-refractivity contribution is -0.147. The number of carbonyl (C=O) groups is 3. The summed E-state index contributed by atoms with van der Waals surface area (Å²) in [7, 11) is 1.27. The maximum atomic E-state index is 12.4. The van der Waals surface area contributed by atoms with Gasteiger partial charge in [0.15, 0.2) is 6.61 Å². The Labute approximate surface area is 152 Å². The van der Waals surface area contributed by atoms with Gasteiger partial charge in [0.2, 0.25) is 0 Å². The normalized spacial score (nSPS) is 13.1. The summed E-state index contributed by atoms with van der Waals surface area (Å²) >= 11 is 0. The fraction of sp³-hybridized carbons (Fsp3) is 0.421. The number of amides is 1. The molecule has 2 atom stereocenters. The molecule has 1 aromatic heterocycles. The molecule has 7 nitrogen and oxygen atoms in total. The van der Waals surface area contributed by atoms with Crippen LogP contribution in [0.2, 0.25) is 0 Å². The summed E-state index contributed by atoms with van der Waals surface area (Å²) in [5.74, 6) is -1.76. The number of rotatable bonds is 7. The zero-order chi connectivity index (χ0) is 19.3. The van der Waals surface area contributed by atoms with Crippen molar-refractivity contribution in [1.82, 2.24) is 10.3 Å². The van der Waals surface area contributed by atoms with E-state index in [9.17, 15) is 14.4 Å². The number of carbonyl (C=O) groups excluding carboxylic acids is 3. The number of methoxy groups -OCH3 is 1. The first kappa shape index (κ1) is 19.5. The number of para-hydroxylation sites is 1. The average molecular weight is 360 g/mol. The topological polar surface area (TPSA) is 97.5 Å². The van der Waals surface area contributed by atoms with Gasteiger partial charge in [-0.25, -0.2) is 9.59 Å². The Balaban J connectivity index is 2.03. The van der Waals surface area contributed by atoms with Crippen LogP contribution in [-0.2, 0) is 19.1 Å². The minimum absolute atomic E-state index is 0.0991. The van der Waals surface area contributed by atoms with Crippen molar-refractivity contribution in [1.29, 1.82) is 0 Å². The van der Waals surface area contributed by atoms with E-state index in [1.54, 1.807) is 6.92 Å². The molecule has 2 rings (SSSR count). The van der Waals surface area contributed by atoms with E-state index in [4.69, 9.17) is 9.47 Å². The molecule has 0 radical (unpaired) electrons. The van der Waals surface area contributed by atoms with Crippen molar-refractivity contribution in [3.05, 3.63) is 35.5 Å². The minimum Gasteiger partial charge on any atom is -0.467 e. The fourth-order valence-electron chi connectivity index (χ4n) is 2.75. The van der Waals surface area contributed by atoms with Crippen LogP contribution in [0.5, 0.6) is 0 Å². The van der Waals surface area contributed by atoms with Crippen molar-refractivity contribution < 1.29 is 23.9 Å². The zero-order valence-electron chi connectivity index (χ0n) is 15.4. The van der Waals surface area contributed by atoms with Gasteiger partial charge in [-0.2, -0.15) is 0 Å². The molecule has 0 aliphatic rings. The van der Waals surface area contributed by atoms with Gasteiger partial charge in [-0.15, -0.1) is 0 Å². The summed E-state index contributed by atoms with van der Waals surface area (Å²) in [6, 6.07) is 6.59. The molecule has 0 spiro atoms. The maximum Gasteiger partial charge on any atom is 0.341 e. The van der Waals surface area contributed by atoms with Gasteiger partial charge in [0, 0.05) is 16.6 Å². The molecule has 2 N–H and O–H groups in total. The number of benzene rings is 1. The molecule has 2 aromatic rings. The number of H-pyrrole nitrogens is 1. The molecule has 1 aromatic carbocycles. The largest absolute Gasteiger partial charge is 0.467 e. The average Bonchev–Trinajstić information content (AvgIpc) is 2.98. The number of ether oxygens (including phenoxy) is 2. The number of fused-ring (bicyclic) bond motifs is 1. The van der Waals surface area contributed by atoms with Crippen molar-refractivity contribution in [3.63, 3.8) is 0 Å². The van der Waals surface area contributed by atoms with Gasteiger partial charge < -0.3 is 19.8 Å². The first-order valence-electron chi connectivity index (χ1n) is 8.50. The highest BCUT2D eigenvalue weighted by molar-refractivity contribution is 6.06. The molecular weight excluding hydrogens is 336 g/mol. The van der Waals surface area contributed by atoms with Crippen LogP contribution in [0.3, 0.4) is 0 Å². The lowest BCUT2D eigenvalue weighted by atomic mass is 9.99. The summed E-state index contributed by atoms with van der Waals surface area (Å²) < 4.78 is 9.86. The maximum absolute atomic E-state index is 12.4. The van der Waals surface area contributed by atoms with Crippen LogP contribution in [0.4, 0.5) is 0 Å². The summed E-state index contributed by atoms with van der Waals surface area (Å²) in [5, 5.41) is 3.31. The Bertz CT molecular complexity index is 811. The molecule has 2 unspecified atom stereocenters. The van der Waals surface area contributed by atoms with E-state index in [2.05, 4.69) is 10.3 Å². The highest BCUT2D eigenvalue weighted by Crippen LogP contribution is 2.22. The molecular formula is C19H24N2O5. The highest BCUT2D eigenvalue weighted by Gasteiger charge is 2.27. The molecule has 26 heavy (non-hydrogen) atoms. The molecule has 0 saturated carbocycles. The van der Waals surface area contributed by atoms with Crippen molar-refractivity contribution >= 4 is 28.7 Å². The van der Waals surface area contributed by atoms with Crippen molar-refractivity contribution in [2.24, 2.45) is 5.92 Å². The number of hydrogen-bond acceptors (Lipinski definition) is 5. The van der Waals surface area contributed by atoms with E-state index in [-0.39, 0.29) is 5.92 Å². The molecule has 140 valence electrons. The second kappa shape index (κ2) is 8.51. The first-order valence-corrected chi connectivity index (χ1v) is 8.50. The van der Waals surface area contributed by atoms with E-state index in [0.717, 1.165) is 10.9 Å². The van der Waals surface area contributed by atoms with Gasteiger partial charge in [0.25, 0.3) is 5.91 Å². The number of hydrogen-bond donors (Lipinski definition) is 2. The summed E-state index contributed by atoms with van der Waals surface area (Å²) in [6.07, 6.45) is 0.689. The van der Waals surface area contributed by atoms with Gasteiger partial charge in [-0.3, -0.25) is 4.79 Å². The quantitative estimate of drug-likeness (QED) is 0.739. The van der Waals surface area contributed by atoms with E-state index in [0.29, 0.717) is 17.7 Å². The van der Waals surface area contributed by atoms with Gasteiger partial charge in [0.1, 0.15) is 6.04 Å². The van der Waals surface area contributed by atoms with Gasteiger partial charge in [-0.1, -0.05) is 38.5 Å². The van der Waals surface area contributed by atoms with Crippen LogP contribution in [0.15, 0.2) is 24.3 Å². The number of aryl methyl sites for hydroxylation is 1. The predicted octanol–water partition coefficient (Wildman–Crippen LogP) is 2.34. The van der Waals surface area contributed by atoms with Crippen LogP contribution in [0.1, 0.15) is 36.3 Å². The third kappa shape index (κ3) is 4.22. The molecule has 0 saturated heterocycles. The summed E-state index contributed by atoms with van der Waals surface area (Å²) in [6.45, 7) is 5.05. The van der Waals surface area contributed by atoms with Crippen LogP contribution < -0.4 is 5.32 Å². The molecule has 0 bridgehead atoms.